The van der Waals surface area contributed by atoms with Crippen LogP contribution in [-0.2, 0) is 4.79 Å². The molecular formula is C21H25BrN2O3. The van der Waals surface area contributed by atoms with Gasteiger partial charge in [0.25, 0.3) is 11.8 Å². The molecule has 0 aliphatic rings. The summed E-state index contributed by atoms with van der Waals surface area (Å²) in [6, 6.07) is 10.7. The first-order valence-electron chi connectivity index (χ1n) is 8.84. The van der Waals surface area contributed by atoms with E-state index in [2.05, 4.69) is 26.6 Å². The van der Waals surface area contributed by atoms with Gasteiger partial charge in [0.1, 0.15) is 5.75 Å². The fourth-order valence-corrected chi connectivity index (χ4v) is 2.74. The van der Waals surface area contributed by atoms with E-state index in [0.717, 1.165) is 15.6 Å². The van der Waals surface area contributed by atoms with E-state index in [1.54, 1.807) is 24.3 Å². The van der Waals surface area contributed by atoms with Gasteiger partial charge in [-0.05, 0) is 55.2 Å². The van der Waals surface area contributed by atoms with Crippen LogP contribution in [0, 0.1) is 19.8 Å². The lowest BCUT2D eigenvalue weighted by Crippen LogP contribution is -2.29. The van der Waals surface area contributed by atoms with Crippen molar-refractivity contribution in [2.75, 3.05) is 18.5 Å². The zero-order valence-electron chi connectivity index (χ0n) is 16.1. The van der Waals surface area contributed by atoms with Crippen molar-refractivity contribution in [2.24, 2.45) is 5.92 Å². The molecule has 0 atom stereocenters. The van der Waals surface area contributed by atoms with E-state index >= 15 is 0 Å². The monoisotopic (exact) mass is 432 g/mol. The maximum atomic E-state index is 12.3. The second-order valence-corrected chi connectivity index (χ2v) is 7.65. The van der Waals surface area contributed by atoms with Crippen LogP contribution in [0.4, 0.5) is 5.69 Å². The molecule has 0 spiro atoms. The lowest BCUT2D eigenvalue weighted by atomic mass is 10.1. The molecule has 2 amide bonds. The highest BCUT2D eigenvalue weighted by Gasteiger charge is 2.14. The normalized spacial score (nSPS) is 10.6. The number of benzene rings is 2. The van der Waals surface area contributed by atoms with Gasteiger partial charge in [0, 0.05) is 11.0 Å². The summed E-state index contributed by atoms with van der Waals surface area (Å²) in [6.07, 6.45) is 0. The molecule has 2 aromatic carbocycles. The quantitative estimate of drug-likeness (QED) is 0.677. The minimum absolute atomic E-state index is 0.136. The summed E-state index contributed by atoms with van der Waals surface area (Å²) in [6.45, 7) is 8.43. The van der Waals surface area contributed by atoms with E-state index in [1.807, 2.05) is 39.8 Å². The van der Waals surface area contributed by atoms with Gasteiger partial charge in [-0.25, -0.2) is 0 Å². The van der Waals surface area contributed by atoms with Crippen molar-refractivity contribution in [3.8, 4) is 5.75 Å². The third-order valence-electron chi connectivity index (χ3n) is 3.90. The lowest BCUT2D eigenvalue weighted by molar-refractivity contribution is -0.118. The minimum Gasteiger partial charge on any atom is -0.484 e. The van der Waals surface area contributed by atoms with Crippen molar-refractivity contribution in [2.45, 2.75) is 27.7 Å². The van der Waals surface area contributed by atoms with E-state index in [9.17, 15) is 9.59 Å². The molecule has 0 fully saturated rings. The van der Waals surface area contributed by atoms with Gasteiger partial charge < -0.3 is 15.4 Å². The fraction of sp³-hybridized carbons (Fsp3) is 0.333. The van der Waals surface area contributed by atoms with Crippen molar-refractivity contribution in [3.63, 3.8) is 0 Å². The molecule has 144 valence electrons. The Morgan fingerprint density at radius 1 is 1.11 bits per heavy atom. The predicted octanol–water partition coefficient (Wildman–Crippen LogP) is 4.47. The molecular weight excluding hydrogens is 408 g/mol. The molecule has 0 bridgehead atoms. The van der Waals surface area contributed by atoms with E-state index in [1.165, 1.54) is 0 Å². The number of ether oxygens (including phenoxy) is 1. The number of anilines is 1. The zero-order chi connectivity index (χ0) is 20.0. The van der Waals surface area contributed by atoms with Crippen molar-refractivity contribution in [3.05, 3.63) is 57.6 Å². The van der Waals surface area contributed by atoms with Gasteiger partial charge in [0.2, 0.25) is 0 Å². The predicted molar refractivity (Wildman–Crippen MR) is 111 cm³/mol. The molecule has 0 aliphatic carbocycles. The second-order valence-electron chi connectivity index (χ2n) is 6.86. The standard InChI is InChI=1S/C21H25BrN2O3/c1-13(2)11-23-21(26)17-7-5-6-8-18(17)24-19(25)12-27-16-9-14(3)20(22)15(4)10-16/h5-10,13H,11-12H2,1-4H3,(H,23,26)(H,24,25). The van der Waals surface area contributed by atoms with Crippen molar-refractivity contribution in [1.29, 1.82) is 0 Å². The first kappa shape index (κ1) is 21.0. The van der Waals surface area contributed by atoms with E-state index < -0.39 is 0 Å². The summed E-state index contributed by atoms with van der Waals surface area (Å²) in [5.41, 5.74) is 2.98. The molecule has 0 saturated heterocycles. The van der Waals surface area contributed by atoms with Crippen LogP contribution in [0.5, 0.6) is 5.75 Å². The van der Waals surface area contributed by atoms with Crippen LogP contribution in [0.2, 0.25) is 0 Å². The average molecular weight is 433 g/mol. The van der Waals surface area contributed by atoms with Gasteiger partial charge in [0.05, 0.1) is 11.3 Å². The number of nitrogens with one attached hydrogen (secondary N) is 2. The molecule has 5 nitrogen and oxygen atoms in total. The fourth-order valence-electron chi connectivity index (χ4n) is 2.51. The molecule has 0 unspecified atom stereocenters. The Morgan fingerprint density at radius 2 is 1.74 bits per heavy atom. The van der Waals surface area contributed by atoms with Gasteiger partial charge in [-0.15, -0.1) is 0 Å². The summed E-state index contributed by atoms with van der Waals surface area (Å²) in [7, 11) is 0. The van der Waals surface area contributed by atoms with Crippen LogP contribution in [-0.4, -0.2) is 25.0 Å². The molecule has 0 aromatic heterocycles. The number of hydrogen-bond donors (Lipinski definition) is 2. The van der Waals surface area contributed by atoms with Crippen LogP contribution in [0.15, 0.2) is 40.9 Å². The van der Waals surface area contributed by atoms with Crippen molar-refractivity contribution >= 4 is 33.4 Å². The van der Waals surface area contributed by atoms with Gasteiger partial charge in [-0.3, -0.25) is 9.59 Å². The summed E-state index contributed by atoms with van der Waals surface area (Å²) in [5.74, 6) is 0.449. The highest BCUT2D eigenvalue weighted by atomic mass is 79.9. The summed E-state index contributed by atoms with van der Waals surface area (Å²) < 4.78 is 6.63. The molecule has 6 heteroatoms. The first-order valence-corrected chi connectivity index (χ1v) is 9.64. The molecule has 0 aliphatic heterocycles. The Bertz CT molecular complexity index is 811. The van der Waals surface area contributed by atoms with Gasteiger partial charge in [-0.1, -0.05) is 41.9 Å². The van der Waals surface area contributed by atoms with Crippen LogP contribution < -0.4 is 15.4 Å². The Labute approximate surface area is 168 Å². The second kappa shape index (κ2) is 9.55. The number of carbonyl (C=O) groups is 2. The number of rotatable bonds is 7. The Kier molecular flexibility index (Phi) is 7.42. The number of carbonyl (C=O) groups excluding carboxylic acids is 2. The van der Waals surface area contributed by atoms with Gasteiger partial charge >= 0.3 is 0 Å². The molecule has 2 rings (SSSR count). The van der Waals surface area contributed by atoms with Crippen LogP contribution in [0.25, 0.3) is 0 Å². The zero-order valence-corrected chi connectivity index (χ0v) is 17.6. The summed E-state index contributed by atoms with van der Waals surface area (Å²) in [5, 5.41) is 5.62. The topological polar surface area (TPSA) is 67.4 Å². The third kappa shape index (κ3) is 6.10. The molecule has 2 aromatic rings. The van der Waals surface area contributed by atoms with Crippen LogP contribution in [0.1, 0.15) is 35.3 Å². The molecule has 27 heavy (non-hydrogen) atoms. The first-order chi connectivity index (χ1) is 12.8. The highest BCUT2D eigenvalue weighted by molar-refractivity contribution is 9.10. The van der Waals surface area contributed by atoms with Crippen LogP contribution in [0.3, 0.4) is 0 Å². The minimum atomic E-state index is -0.322. The van der Waals surface area contributed by atoms with Gasteiger partial charge in [0.15, 0.2) is 6.61 Å². The number of aryl methyl sites for hydroxylation is 2. The maximum Gasteiger partial charge on any atom is 0.262 e. The summed E-state index contributed by atoms with van der Waals surface area (Å²) in [4.78, 5) is 24.6. The van der Waals surface area contributed by atoms with Crippen molar-refractivity contribution < 1.29 is 14.3 Å². The number of para-hydroxylation sites is 1. The molecule has 0 radical (unpaired) electrons. The number of amides is 2. The Balaban J connectivity index is 2.01. The smallest absolute Gasteiger partial charge is 0.262 e. The van der Waals surface area contributed by atoms with E-state index in [0.29, 0.717) is 29.5 Å². The van der Waals surface area contributed by atoms with Crippen molar-refractivity contribution in [1.82, 2.24) is 5.32 Å². The van der Waals surface area contributed by atoms with E-state index in [-0.39, 0.29) is 18.4 Å². The third-order valence-corrected chi connectivity index (χ3v) is 5.15. The molecule has 0 saturated carbocycles. The number of hydrogen-bond acceptors (Lipinski definition) is 3. The summed E-state index contributed by atoms with van der Waals surface area (Å²) >= 11 is 3.51. The maximum absolute atomic E-state index is 12.3. The van der Waals surface area contributed by atoms with Gasteiger partial charge in [-0.2, -0.15) is 0 Å². The van der Waals surface area contributed by atoms with Crippen LogP contribution >= 0.6 is 15.9 Å². The average Bonchev–Trinajstić information content (AvgIpc) is 2.62. The Hall–Kier alpha value is -2.34. The molecule has 0 heterocycles. The SMILES string of the molecule is Cc1cc(OCC(=O)Nc2ccccc2C(=O)NCC(C)C)cc(C)c1Br. The highest BCUT2D eigenvalue weighted by Crippen LogP contribution is 2.26. The largest absolute Gasteiger partial charge is 0.484 e. The Morgan fingerprint density at radius 3 is 2.37 bits per heavy atom. The lowest BCUT2D eigenvalue weighted by Gasteiger charge is -2.13. The van der Waals surface area contributed by atoms with E-state index in [4.69, 9.17) is 4.74 Å². The molecule has 2 N–H and O–H groups in total. The number of halogens is 1.